The highest BCUT2D eigenvalue weighted by Crippen LogP contribution is 2.26. The number of aromatic nitrogens is 1. The third-order valence-corrected chi connectivity index (χ3v) is 4.26. The molecule has 29 heavy (non-hydrogen) atoms. The second kappa shape index (κ2) is 9.77. The Kier molecular flexibility index (Phi) is 7.41. The molecule has 156 valence electrons. The number of carbonyl (C=O) groups excluding carboxylic acids is 3. The molecular formula is C21H25NO7. The van der Waals surface area contributed by atoms with Gasteiger partial charge in [0.05, 0.1) is 25.0 Å². The van der Waals surface area contributed by atoms with E-state index in [4.69, 9.17) is 18.9 Å². The molecule has 1 heterocycles. The molecule has 0 aliphatic carbocycles. The van der Waals surface area contributed by atoms with E-state index in [1.807, 2.05) is 0 Å². The van der Waals surface area contributed by atoms with E-state index in [-0.39, 0.29) is 18.9 Å². The largest absolute Gasteiger partial charge is 0.493 e. The first-order valence-corrected chi connectivity index (χ1v) is 9.15. The van der Waals surface area contributed by atoms with Crippen molar-refractivity contribution in [1.29, 1.82) is 0 Å². The van der Waals surface area contributed by atoms with Crippen LogP contribution in [0, 0.1) is 13.8 Å². The minimum atomic E-state index is -1.06. The van der Waals surface area contributed by atoms with Crippen molar-refractivity contribution in [3.8, 4) is 11.5 Å². The van der Waals surface area contributed by atoms with Gasteiger partial charge in [0.1, 0.15) is 0 Å². The molecular weight excluding hydrogens is 378 g/mol. The fourth-order valence-electron chi connectivity index (χ4n) is 2.87. The van der Waals surface area contributed by atoms with E-state index in [2.05, 4.69) is 4.98 Å². The van der Waals surface area contributed by atoms with Crippen LogP contribution in [0.1, 0.15) is 46.0 Å². The maximum atomic E-state index is 12.7. The number of ether oxygens (including phenoxy) is 4. The molecule has 0 amide bonds. The van der Waals surface area contributed by atoms with E-state index in [1.165, 1.54) is 14.0 Å². The molecule has 0 saturated carbocycles. The first-order valence-electron chi connectivity index (χ1n) is 9.15. The van der Waals surface area contributed by atoms with E-state index >= 15 is 0 Å². The lowest BCUT2D eigenvalue weighted by atomic mass is 10.1. The molecule has 8 heteroatoms. The number of rotatable bonds is 9. The zero-order chi connectivity index (χ0) is 21.6. The third-order valence-electron chi connectivity index (χ3n) is 4.26. The van der Waals surface area contributed by atoms with E-state index in [9.17, 15) is 14.4 Å². The van der Waals surface area contributed by atoms with Crippen LogP contribution in [0.25, 0.3) is 0 Å². The van der Waals surface area contributed by atoms with Crippen molar-refractivity contribution in [3.05, 3.63) is 46.8 Å². The minimum Gasteiger partial charge on any atom is -0.493 e. The summed E-state index contributed by atoms with van der Waals surface area (Å²) in [7, 11) is 1.49. The number of ketones is 1. The normalized spacial score (nSPS) is 11.5. The van der Waals surface area contributed by atoms with Gasteiger partial charge in [-0.05, 0) is 45.4 Å². The number of benzene rings is 1. The number of esters is 2. The Morgan fingerprint density at radius 2 is 1.76 bits per heavy atom. The van der Waals surface area contributed by atoms with Crippen LogP contribution in [-0.4, -0.2) is 49.1 Å². The Balaban J connectivity index is 2.02. The van der Waals surface area contributed by atoms with Crippen molar-refractivity contribution in [3.63, 3.8) is 0 Å². The lowest BCUT2D eigenvalue weighted by molar-refractivity contribution is -0.148. The quantitative estimate of drug-likeness (QED) is 0.507. The van der Waals surface area contributed by atoms with Crippen LogP contribution in [-0.2, 0) is 14.3 Å². The minimum absolute atomic E-state index is 0.205. The molecule has 1 aromatic carbocycles. The van der Waals surface area contributed by atoms with Crippen LogP contribution in [0.2, 0.25) is 0 Å². The van der Waals surface area contributed by atoms with Crippen LogP contribution < -0.4 is 9.47 Å². The Morgan fingerprint density at radius 1 is 1.10 bits per heavy atom. The molecule has 2 rings (SSSR count). The predicted molar refractivity (Wildman–Crippen MR) is 105 cm³/mol. The van der Waals surface area contributed by atoms with E-state index in [1.54, 1.807) is 45.0 Å². The van der Waals surface area contributed by atoms with Gasteiger partial charge in [0.2, 0.25) is 5.78 Å². The summed E-state index contributed by atoms with van der Waals surface area (Å²) in [6.45, 7) is 6.33. The lowest BCUT2D eigenvalue weighted by Crippen LogP contribution is -2.28. The molecule has 0 saturated heterocycles. The standard InChI is InChI=1S/C21H25NO7/c1-6-27-21(25)18-12(2)19(22-13(18)3)20(24)14(4)29-17(23)11-28-16-10-8-7-9-15(16)26-5/h7-10,14,22H,6,11H2,1-5H3. The van der Waals surface area contributed by atoms with Gasteiger partial charge in [0.15, 0.2) is 24.2 Å². The SMILES string of the molecule is CCOC(=O)c1c(C)[nH]c(C(=O)C(C)OC(=O)COc2ccccc2OC)c1C. The molecule has 0 radical (unpaired) electrons. The van der Waals surface area contributed by atoms with Crippen LogP contribution in [0.5, 0.6) is 11.5 Å². The maximum absolute atomic E-state index is 12.7. The Bertz CT molecular complexity index is 900. The lowest BCUT2D eigenvalue weighted by Gasteiger charge is -2.14. The van der Waals surface area contributed by atoms with Crippen molar-refractivity contribution in [2.24, 2.45) is 0 Å². The number of hydrogen-bond acceptors (Lipinski definition) is 7. The van der Waals surface area contributed by atoms with Crippen LogP contribution in [0.15, 0.2) is 24.3 Å². The number of aromatic amines is 1. The average Bonchev–Trinajstić information content (AvgIpc) is 3.00. The van der Waals surface area contributed by atoms with Crippen molar-refractivity contribution in [1.82, 2.24) is 4.98 Å². The summed E-state index contributed by atoms with van der Waals surface area (Å²) >= 11 is 0. The van der Waals surface area contributed by atoms with E-state index < -0.39 is 23.8 Å². The number of para-hydroxylation sites is 2. The number of methoxy groups -OCH3 is 1. The average molecular weight is 403 g/mol. The summed E-state index contributed by atoms with van der Waals surface area (Å²) in [6, 6.07) is 6.87. The van der Waals surface area contributed by atoms with E-state index in [0.29, 0.717) is 28.3 Å². The van der Waals surface area contributed by atoms with Gasteiger partial charge < -0.3 is 23.9 Å². The zero-order valence-electron chi connectivity index (χ0n) is 17.2. The number of carbonyl (C=O) groups is 3. The summed E-state index contributed by atoms with van der Waals surface area (Å²) in [6.07, 6.45) is -1.06. The van der Waals surface area contributed by atoms with Gasteiger partial charge in [0, 0.05) is 5.69 Å². The van der Waals surface area contributed by atoms with Gasteiger partial charge in [-0.2, -0.15) is 0 Å². The van der Waals surface area contributed by atoms with Crippen LogP contribution in [0.4, 0.5) is 0 Å². The van der Waals surface area contributed by atoms with Crippen molar-refractivity contribution >= 4 is 17.7 Å². The molecule has 0 aliphatic rings. The van der Waals surface area contributed by atoms with Gasteiger partial charge in [-0.1, -0.05) is 12.1 Å². The van der Waals surface area contributed by atoms with Crippen molar-refractivity contribution < 1.29 is 33.3 Å². The third kappa shape index (κ3) is 5.16. The Morgan fingerprint density at radius 3 is 2.38 bits per heavy atom. The van der Waals surface area contributed by atoms with Crippen LogP contribution >= 0.6 is 0 Å². The van der Waals surface area contributed by atoms with Gasteiger partial charge in [0.25, 0.3) is 0 Å². The highest BCUT2D eigenvalue weighted by Gasteiger charge is 2.27. The molecule has 2 aromatic rings. The van der Waals surface area contributed by atoms with Gasteiger partial charge >= 0.3 is 11.9 Å². The smallest absolute Gasteiger partial charge is 0.344 e. The second-order valence-electron chi connectivity index (χ2n) is 6.28. The fraction of sp³-hybridized carbons (Fsp3) is 0.381. The Hall–Kier alpha value is -3.29. The summed E-state index contributed by atoms with van der Waals surface area (Å²) in [5.41, 5.74) is 1.49. The molecule has 8 nitrogen and oxygen atoms in total. The fourth-order valence-corrected chi connectivity index (χ4v) is 2.87. The van der Waals surface area contributed by atoms with Gasteiger partial charge in [-0.25, -0.2) is 9.59 Å². The van der Waals surface area contributed by atoms with Gasteiger partial charge in [-0.15, -0.1) is 0 Å². The summed E-state index contributed by atoms with van der Waals surface area (Å²) in [5.74, 6) is -0.794. The molecule has 1 atom stereocenters. The first kappa shape index (κ1) is 22.0. The highest BCUT2D eigenvalue weighted by atomic mass is 16.6. The van der Waals surface area contributed by atoms with E-state index in [0.717, 1.165) is 0 Å². The Labute approximate surface area is 169 Å². The van der Waals surface area contributed by atoms with Gasteiger partial charge in [-0.3, -0.25) is 4.79 Å². The number of nitrogens with one attached hydrogen (secondary N) is 1. The molecule has 1 unspecified atom stereocenters. The summed E-state index contributed by atoms with van der Waals surface area (Å²) in [4.78, 5) is 39.8. The number of aryl methyl sites for hydroxylation is 1. The second-order valence-corrected chi connectivity index (χ2v) is 6.28. The molecule has 1 aromatic heterocycles. The van der Waals surface area contributed by atoms with Crippen molar-refractivity contribution in [2.75, 3.05) is 20.3 Å². The summed E-state index contributed by atoms with van der Waals surface area (Å²) < 4.78 is 20.7. The predicted octanol–water partition coefficient (Wildman–Crippen LogP) is 3.01. The molecule has 0 bridgehead atoms. The molecule has 1 N–H and O–H groups in total. The number of hydrogen-bond donors (Lipinski definition) is 1. The monoisotopic (exact) mass is 403 g/mol. The topological polar surface area (TPSA) is 104 Å². The first-order chi connectivity index (χ1) is 13.8. The summed E-state index contributed by atoms with van der Waals surface area (Å²) in [5, 5.41) is 0. The molecule has 0 aliphatic heterocycles. The highest BCUT2D eigenvalue weighted by molar-refractivity contribution is 6.04. The number of H-pyrrole nitrogens is 1. The zero-order valence-corrected chi connectivity index (χ0v) is 17.2. The molecule has 0 spiro atoms. The maximum Gasteiger partial charge on any atom is 0.344 e. The number of Topliss-reactive ketones (excluding diaryl/α,β-unsaturated/α-hetero) is 1. The van der Waals surface area contributed by atoms with Crippen LogP contribution in [0.3, 0.4) is 0 Å². The van der Waals surface area contributed by atoms with Crippen molar-refractivity contribution in [2.45, 2.75) is 33.8 Å². The molecule has 0 fully saturated rings.